The monoisotopic (exact) mass is 339 g/mol. The number of rotatable bonds is 6. The van der Waals surface area contributed by atoms with Crippen LogP contribution in [0.15, 0.2) is 12.1 Å². The number of nitro benzene ring substituents is 1. The summed E-state index contributed by atoms with van der Waals surface area (Å²) in [7, 11) is 0. The number of carbonyl (C=O) groups is 2. The zero-order chi connectivity index (χ0) is 17.9. The summed E-state index contributed by atoms with van der Waals surface area (Å²) < 4.78 is 20.8. The molecule has 0 saturated heterocycles. The lowest BCUT2D eigenvalue weighted by molar-refractivity contribution is -0.385. The van der Waals surface area contributed by atoms with Crippen molar-refractivity contribution in [3.8, 4) is 17.2 Å². The van der Waals surface area contributed by atoms with E-state index >= 15 is 0 Å². The summed E-state index contributed by atoms with van der Waals surface area (Å²) in [6.45, 7) is 4.67. The first kappa shape index (κ1) is 17.5. The van der Waals surface area contributed by atoms with Crippen LogP contribution in [0.1, 0.15) is 27.2 Å². The van der Waals surface area contributed by atoms with Gasteiger partial charge in [-0.25, -0.2) is 0 Å². The molecule has 130 valence electrons. The molecule has 2 rings (SSSR count). The van der Waals surface area contributed by atoms with Crippen molar-refractivity contribution in [3.63, 3.8) is 0 Å². The van der Waals surface area contributed by atoms with E-state index in [1.54, 1.807) is 13.8 Å². The number of hydrogen-bond donors (Lipinski definition) is 0. The Morgan fingerprint density at radius 1 is 1.29 bits per heavy atom. The number of esters is 2. The average molecular weight is 339 g/mol. The molecule has 9 heteroatoms. The Bertz CT molecular complexity index is 670. The predicted molar refractivity (Wildman–Crippen MR) is 79.9 cm³/mol. The number of benzene rings is 1. The molecule has 1 heterocycles. The molecule has 9 nitrogen and oxygen atoms in total. The Hall–Kier alpha value is -2.84. The van der Waals surface area contributed by atoms with Crippen molar-refractivity contribution in [3.05, 3.63) is 22.2 Å². The fourth-order valence-corrected chi connectivity index (χ4v) is 1.94. The fraction of sp³-hybridized carbons (Fsp3) is 0.467. The Balaban J connectivity index is 2.05. The van der Waals surface area contributed by atoms with Gasteiger partial charge in [-0.05, 0) is 0 Å². The van der Waals surface area contributed by atoms with E-state index in [1.165, 1.54) is 6.07 Å². The van der Waals surface area contributed by atoms with E-state index in [-0.39, 0.29) is 42.2 Å². The fourth-order valence-electron chi connectivity index (χ4n) is 1.94. The molecule has 0 fully saturated rings. The van der Waals surface area contributed by atoms with E-state index in [0.717, 1.165) is 13.0 Å². The highest BCUT2D eigenvalue weighted by molar-refractivity contribution is 5.72. The van der Waals surface area contributed by atoms with Crippen molar-refractivity contribution in [1.29, 1.82) is 0 Å². The quantitative estimate of drug-likeness (QED) is 0.335. The molecule has 0 spiro atoms. The largest absolute Gasteiger partial charge is 0.465 e. The lowest BCUT2D eigenvalue weighted by Crippen LogP contribution is -2.22. The van der Waals surface area contributed by atoms with Crippen molar-refractivity contribution in [1.82, 2.24) is 0 Å². The molecule has 0 bridgehead atoms. The topological polar surface area (TPSA) is 114 Å². The molecule has 1 aliphatic heterocycles. The highest BCUT2D eigenvalue weighted by Crippen LogP contribution is 2.43. The number of nitro groups is 1. The lowest BCUT2D eigenvalue weighted by atomic mass is 10.2. The van der Waals surface area contributed by atoms with Crippen LogP contribution in [0.5, 0.6) is 17.2 Å². The van der Waals surface area contributed by atoms with Gasteiger partial charge in [0.25, 0.3) is 0 Å². The van der Waals surface area contributed by atoms with Gasteiger partial charge in [-0.3, -0.25) is 19.7 Å². The molecule has 0 saturated carbocycles. The summed E-state index contributed by atoms with van der Waals surface area (Å²) in [6, 6.07) is 2.36. The van der Waals surface area contributed by atoms with Crippen molar-refractivity contribution in [2.45, 2.75) is 33.5 Å². The average Bonchev–Trinajstić information content (AvgIpc) is 2.86. The van der Waals surface area contributed by atoms with Crippen LogP contribution in [-0.2, 0) is 14.3 Å². The third-order valence-corrected chi connectivity index (χ3v) is 3.06. The maximum Gasteiger partial charge on any atom is 0.315 e. The third kappa shape index (κ3) is 4.12. The summed E-state index contributed by atoms with van der Waals surface area (Å²) in [6.07, 6.45) is -0.490. The molecule has 0 aliphatic carbocycles. The van der Waals surface area contributed by atoms with Crippen LogP contribution in [0, 0.1) is 16.0 Å². The molecule has 1 aliphatic rings. The second-order valence-corrected chi connectivity index (χ2v) is 5.39. The van der Waals surface area contributed by atoms with Crippen LogP contribution < -0.4 is 14.2 Å². The number of ether oxygens (including phenoxy) is 4. The second-order valence-electron chi connectivity index (χ2n) is 5.39. The first-order chi connectivity index (χ1) is 11.3. The maximum absolute atomic E-state index is 11.4. The van der Waals surface area contributed by atoms with Crippen molar-refractivity contribution >= 4 is 17.6 Å². The molecule has 0 radical (unpaired) electrons. The Kier molecular flexibility index (Phi) is 5.22. The lowest BCUT2D eigenvalue weighted by Gasteiger charge is -2.11. The summed E-state index contributed by atoms with van der Waals surface area (Å²) in [5.74, 6) is -1.09. The van der Waals surface area contributed by atoms with E-state index in [9.17, 15) is 19.7 Å². The molecule has 0 aromatic heterocycles. The van der Waals surface area contributed by atoms with Crippen molar-refractivity contribution in [2.75, 3.05) is 6.61 Å². The van der Waals surface area contributed by atoms with Crippen LogP contribution in [0.25, 0.3) is 0 Å². The van der Waals surface area contributed by atoms with Gasteiger partial charge in [0.15, 0.2) is 11.5 Å². The zero-order valence-corrected chi connectivity index (χ0v) is 13.4. The van der Waals surface area contributed by atoms with Gasteiger partial charge in [0.1, 0.15) is 0 Å². The molecule has 1 unspecified atom stereocenters. The molecule has 0 amide bonds. The van der Waals surface area contributed by atoms with Crippen molar-refractivity contribution < 1.29 is 33.5 Å². The highest BCUT2D eigenvalue weighted by Gasteiger charge is 2.30. The molecule has 0 N–H and O–H groups in total. The minimum absolute atomic E-state index is 0.0918. The highest BCUT2D eigenvalue weighted by atomic mass is 16.7. The summed E-state index contributed by atoms with van der Waals surface area (Å²) in [5.41, 5.74) is -0.403. The number of hydrogen-bond acceptors (Lipinski definition) is 8. The minimum Gasteiger partial charge on any atom is -0.465 e. The van der Waals surface area contributed by atoms with Gasteiger partial charge in [0.2, 0.25) is 12.0 Å². The van der Waals surface area contributed by atoms with Gasteiger partial charge in [-0.15, -0.1) is 0 Å². The Morgan fingerprint density at radius 2 is 1.92 bits per heavy atom. The first-order valence-corrected chi connectivity index (χ1v) is 7.28. The van der Waals surface area contributed by atoms with Crippen molar-refractivity contribution in [2.24, 2.45) is 5.92 Å². The zero-order valence-electron chi connectivity index (χ0n) is 13.4. The number of carbonyl (C=O) groups excluding carboxylic acids is 2. The third-order valence-electron chi connectivity index (χ3n) is 3.06. The first-order valence-electron chi connectivity index (χ1n) is 7.28. The minimum atomic E-state index is -0.743. The van der Waals surface area contributed by atoms with E-state index in [1.807, 2.05) is 0 Å². The smallest absolute Gasteiger partial charge is 0.315 e. The molecular formula is C15H17NO8. The van der Waals surface area contributed by atoms with Crippen LogP contribution in [0.2, 0.25) is 0 Å². The standard InChI is InChI=1S/C15H17NO8/c1-8(2)15(18)21-5-4-14-23-12-6-10(16(19)20)11(22-9(3)17)7-13(12)24-14/h6-8,14H,4-5H2,1-3H3. The van der Waals surface area contributed by atoms with Gasteiger partial charge < -0.3 is 18.9 Å². The van der Waals surface area contributed by atoms with E-state index < -0.39 is 22.9 Å². The number of fused-ring (bicyclic) bond motifs is 1. The van der Waals surface area contributed by atoms with Gasteiger partial charge in [0, 0.05) is 13.0 Å². The molecule has 1 aromatic rings. The van der Waals surface area contributed by atoms with Gasteiger partial charge in [-0.2, -0.15) is 0 Å². The Morgan fingerprint density at radius 3 is 2.46 bits per heavy atom. The van der Waals surface area contributed by atoms with Crippen LogP contribution in [0.3, 0.4) is 0 Å². The molecular weight excluding hydrogens is 322 g/mol. The van der Waals surface area contributed by atoms with Gasteiger partial charge in [-0.1, -0.05) is 13.8 Å². The molecule has 1 aromatic carbocycles. The van der Waals surface area contributed by atoms with Gasteiger partial charge >= 0.3 is 17.6 Å². The van der Waals surface area contributed by atoms with Crippen LogP contribution in [-0.4, -0.2) is 29.8 Å². The van der Waals surface area contributed by atoms with E-state index in [0.29, 0.717) is 0 Å². The Labute approximate surface area is 137 Å². The normalized spacial score (nSPS) is 15.2. The molecule has 24 heavy (non-hydrogen) atoms. The molecule has 1 atom stereocenters. The SMILES string of the molecule is CC(=O)Oc1cc2c(cc1[N+](=O)[O-])OC(CCOC(=O)C(C)C)O2. The summed E-state index contributed by atoms with van der Waals surface area (Å²) in [4.78, 5) is 32.8. The van der Waals surface area contributed by atoms with Gasteiger partial charge in [0.05, 0.1) is 29.9 Å². The predicted octanol–water partition coefficient (Wildman–Crippen LogP) is 2.21. The number of nitrogens with zero attached hydrogens (tertiary/aromatic N) is 1. The summed E-state index contributed by atoms with van der Waals surface area (Å²) >= 11 is 0. The second kappa shape index (κ2) is 7.16. The van der Waals surface area contributed by atoms with Crippen LogP contribution >= 0.6 is 0 Å². The van der Waals surface area contributed by atoms with E-state index in [4.69, 9.17) is 18.9 Å². The van der Waals surface area contributed by atoms with E-state index in [2.05, 4.69) is 0 Å². The maximum atomic E-state index is 11.4. The van der Waals surface area contributed by atoms with Crippen LogP contribution in [0.4, 0.5) is 5.69 Å². The summed E-state index contributed by atoms with van der Waals surface area (Å²) in [5, 5.41) is 11.1.